The molecule has 1 aliphatic rings. The molecule has 0 spiro atoms. The molecule has 5 nitrogen and oxygen atoms in total. The molecule has 1 amide bonds. The van der Waals surface area contributed by atoms with Gasteiger partial charge in [-0.2, -0.15) is 0 Å². The molecule has 0 radical (unpaired) electrons. The molecule has 154 valence electrons. The van der Waals surface area contributed by atoms with E-state index in [9.17, 15) is 14.0 Å². The third-order valence-corrected chi connectivity index (χ3v) is 5.18. The Labute approximate surface area is 174 Å². The molecule has 0 unspecified atom stereocenters. The number of halogens is 1. The van der Waals surface area contributed by atoms with Crippen molar-refractivity contribution < 1.29 is 18.4 Å². The monoisotopic (exact) mass is 406 g/mol. The molecule has 1 aliphatic heterocycles. The summed E-state index contributed by atoms with van der Waals surface area (Å²) in [5.74, 6) is 1.20. The Morgan fingerprint density at radius 2 is 1.60 bits per heavy atom. The van der Waals surface area contributed by atoms with Crippen LogP contribution in [-0.2, 0) is 19.5 Å². The fourth-order valence-electron chi connectivity index (χ4n) is 3.67. The van der Waals surface area contributed by atoms with Crippen molar-refractivity contribution in [2.24, 2.45) is 0 Å². The first-order valence-electron chi connectivity index (χ1n) is 9.85. The van der Waals surface area contributed by atoms with E-state index in [0.29, 0.717) is 36.2 Å². The van der Waals surface area contributed by atoms with Crippen LogP contribution in [-0.4, -0.2) is 42.1 Å². The van der Waals surface area contributed by atoms with Gasteiger partial charge in [0.2, 0.25) is 0 Å². The van der Waals surface area contributed by atoms with E-state index in [2.05, 4.69) is 0 Å². The number of carbonyl (C=O) groups excluding carboxylic acids is 2. The second kappa shape index (κ2) is 8.24. The summed E-state index contributed by atoms with van der Waals surface area (Å²) in [4.78, 5) is 29.3. The quantitative estimate of drug-likeness (QED) is 0.603. The number of hydrogen-bond acceptors (Lipinski definition) is 4. The van der Waals surface area contributed by atoms with Crippen molar-refractivity contribution in [1.29, 1.82) is 0 Å². The van der Waals surface area contributed by atoms with Crippen LogP contribution < -0.4 is 0 Å². The maximum atomic E-state index is 13.1. The van der Waals surface area contributed by atoms with Gasteiger partial charge >= 0.3 is 0 Å². The number of amides is 1. The number of rotatable bonds is 5. The minimum Gasteiger partial charge on any atom is -0.464 e. The first-order chi connectivity index (χ1) is 14.4. The fraction of sp³-hybridized carbons (Fsp3) is 0.250. The summed E-state index contributed by atoms with van der Waals surface area (Å²) in [6.45, 7) is 1.84. The van der Waals surface area contributed by atoms with E-state index in [4.69, 9.17) is 4.42 Å². The summed E-state index contributed by atoms with van der Waals surface area (Å²) in [5.41, 5.74) is 2.45. The number of nitrogens with zero attached hydrogens (tertiary/aromatic N) is 2. The summed E-state index contributed by atoms with van der Waals surface area (Å²) in [5, 5.41) is 0. The van der Waals surface area contributed by atoms with Crippen molar-refractivity contribution in [1.82, 2.24) is 9.80 Å². The average molecular weight is 406 g/mol. The lowest BCUT2D eigenvalue weighted by atomic mass is 10.0. The highest BCUT2D eigenvalue weighted by Gasteiger charge is 2.25. The van der Waals surface area contributed by atoms with Gasteiger partial charge in [0.15, 0.2) is 5.78 Å². The van der Waals surface area contributed by atoms with Gasteiger partial charge in [-0.1, -0.05) is 12.1 Å². The summed E-state index contributed by atoms with van der Waals surface area (Å²) >= 11 is 0. The molecule has 1 aromatic heterocycles. The highest BCUT2D eigenvalue weighted by molar-refractivity contribution is 6.09. The van der Waals surface area contributed by atoms with Crippen molar-refractivity contribution in [2.75, 3.05) is 20.6 Å². The van der Waals surface area contributed by atoms with E-state index in [-0.39, 0.29) is 17.5 Å². The summed E-state index contributed by atoms with van der Waals surface area (Å²) < 4.78 is 19.0. The Morgan fingerprint density at radius 3 is 2.23 bits per heavy atom. The van der Waals surface area contributed by atoms with Gasteiger partial charge in [-0.15, -0.1) is 0 Å². The Bertz CT molecular complexity index is 1070. The SMILES string of the molecule is CN(C)Cc1cc2c(o1)CCN(C(=O)c1ccc(C(=O)c3ccc(F)cc3)cc1)C2. The predicted molar refractivity (Wildman–Crippen MR) is 111 cm³/mol. The van der Waals surface area contributed by atoms with Crippen molar-refractivity contribution in [3.05, 3.63) is 94.2 Å². The molecule has 2 aromatic carbocycles. The van der Waals surface area contributed by atoms with Crippen LogP contribution in [0, 0.1) is 5.82 Å². The zero-order valence-electron chi connectivity index (χ0n) is 17.0. The molecular weight excluding hydrogens is 383 g/mol. The molecule has 0 bridgehead atoms. The lowest BCUT2D eigenvalue weighted by molar-refractivity contribution is 0.0729. The number of fused-ring (bicyclic) bond motifs is 1. The van der Waals surface area contributed by atoms with Crippen LogP contribution >= 0.6 is 0 Å². The minimum atomic E-state index is -0.386. The average Bonchev–Trinajstić information content (AvgIpc) is 3.14. The third-order valence-electron chi connectivity index (χ3n) is 5.18. The highest BCUT2D eigenvalue weighted by atomic mass is 19.1. The summed E-state index contributed by atoms with van der Waals surface area (Å²) in [6.07, 6.45) is 0.690. The lowest BCUT2D eigenvalue weighted by Crippen LogP contribution is -2.35. The van der Waals surface area contributed by atoms with Crippen LogP contribution in [0.1, 0.15) is 43.4 Å². The Kier molecular flexibility index (Phi) is 5.50. The largest absolute Gasteiger partial charge is 0.464 e. The van der Waals surface area contributed by atoms with E-state index in [0.717, 1.165) is 23.6 Å². The first-order valence-corrected chi connectivity index (χ1v) is 9.85. The zero-order chi connectivity index (χ0) is 21.3. The molecule has 2 heterocycles. The van der Waals surface area contributed by atoms with Gasteiger partial charge < -0.3 is 14.2 Å². The van der Waals surface area contributed by atoms with E-state index >= 15 is 0 Å². The normalized spacial score (nSPS) is 13.4. The van der Waals surface area contributed by atoms with Crippen molar-refractivity contribution >= 4 is 11.7 Å². The van der Waals surface area contributed by atoms with Gasteiger partial charge in [0.05, 0.1) is 6.54 Å². The van der Waals surface area contributed by atoms with Gasteiger partial charge in [-0.3, -0.25) is 9.59 Å². The first kappa shape index (κ1) is 20.0. The molecule has 0 saturated carbocycles. The molecule has 0 N–H and O–H groups in total. The van der Waals surface area contributed by atoms with Crippen molar-refractivity contribution in [2.45, 2.75) is 19.5 Å². The molecular formula is C24H23FN2O3. The highest BCUT2D eigenvalue weighted by Crippen LogP contribution is 2.25. The van der Waals surface area contributed by atoms with E-state index < -0.39 is 0 Å². The smallest absolute Gasteiger partial charge is 0.254 e. The van der Waals surface area contributed by atoms with Gasteiger partial charge in [-0.05, 0) is 56.6 Å². The van der Waals surface area contributed by atoms with Crippen LogP contribution in [0.5, 0.6) is 0 Å². The lowest BCUT2D eigenvalue weighted by Gasteiger charge is -2.26. The number of benzene rings is 2. The number of carbonyl (C=O) groups is 2. The maximum Gasteiger partial charge on any atom is 0.254 e. The fourth-order valence-corrected chi connectivity index (χ4v) is 3.67. The van der Waals surface area contributed by atoms with Crippen LogP contribution in [0.3, 0.4) is 0 Å². The maximum absolute atomic E-state index is 13.1. The second-order valence-electron chi connectivity index (χ2n) is 7.79. The molecule has 6 heteroatoms. The second-order valence-corrected chi connectivity index (χ2v) is 7.79. The summed E-state index contributed by atoms with van der Waals surface area (Å²) in [6, 6.07) is 14.1. The topological polar surface area (TPSA) is 53.8 Å². The standard InChI is InChI=1S/C24H23FN2O3/c1-26(2)15-21-13-19-14-27(12-11-22(19)30-21)24(29)18-5-3-16(4-6-18)23(28)17-7-9-20(25)10-8-17/h3-10,13H,11-12,14-15H2,1-2H3. The predicted octanol–water partition coefficient (Wildman–Crippen LogP) is 3.91. The zero-order valence-corrected chi connectivity index (χ0v) is 17.0. The van der Waals surface area contributed by atoms with Gasteiger partial charge in [0, 0.05) is 41.8 Å². The van der Waals surface area contributed by atoms with Crippen LogP contribution in [0.15, 0.2) is 59.0 Å². The van der Waals surface area contributed by atoms with Crippen LogP contribution in [0.2, 0.25) is 0 Å². The van der Waals surface area contributed by atoms with Crippen LogP contribution in [0.25, 0.3) is 0 Å². The molecule has 0 fully saturated rings. The molecule has 30 heavy (non-hydrogen) atoms. The Morgan fingerprint density at radius 1 is 1.00 bits per heavy atom. The number of hydrogen-bond donors (Lipinski definition) is 0. The van der Waals surface area contributed by atoms with E-state index in [1.54, 1.807) is 29.2 Å². The number of ketones is 1. The van der Waals surface area contributed by atoms with Crippen molar-refractivity contribution in [3.63, 3.8) is 0 Å². The minimum absolute atomic E-state index is 0.0724. The van der Waals surface area contributed by atoms with Crippen molar-refractivity contribution in [3.8, 4) is 0 Å². The van der Waals surface area contributed by atoms with Gasteiger partial charge in [-0.25, -0.2) is 4.39 Å². The van der Waals surface area contributed by atoms with Gasteiger partial charge in [0.1, 0.15) is 17.3 Å². The number of furan rings is 1. The molecule has 0 aliphatic carbocycles. The Balaban J connectivity index is 1.45. The van der Waals surface area contributed by atoms with E-state index in [1.807, 2.05) is 25.1 Å². The van der Waals surface area contributed by atoms with Gasteiger partial charge in [0.25, 0.3) is 5.91 Å². The van der Waals surface area contributed by atoms with E-state index in [1.165, 1.54) is 24.3 Å². The molecule has 4 rings (SSSR count). The molecule has 0 atom stereocenters. The third kappa shape index (κ3) is 4.19. The van der Waals surface area contributed by atoms with Crippen LogP contribution in [0.4, 0.5) is 4.39 Å². The summed E-state index contributed by atoms with van der Waals surface area (Å²) in [7, 11) is 3.98. The Hall–Kier alpha value is -3.25. The molecule has 3 aromatic rings. The molecule has 0 saturated heterocycles.